The Kier molecular flexibility index (Phi) is 4.98. The number of anilines is 1. The van der Waals surface area contributed by atoms with E-state index in [-0.39, 0.29) is 5.91 Å². The maximum atomic E-state index is 11.8. The number of rotatable bonds is 5. The number of methoxy groups -OCH3 is 1. The van der Waals surface area contributed by atoms with Gasteiger partial charge in [0.2, 0.25) is 0 Å². The topological polar surface area (TPSA) is 64.3 Å². The largest absolute Gasteiger partial charge is 0.496 e. The maximum Gasteiger partial charge on any atom is 0.255 e. The molecule has 0 aromatic heterocycles. The van der Waals surface area contributed by atoms with Gasteiger partial charge in [-0.15, -0.1) is 0 Å². The van der Waals surface area contributed by atoms with Crippen LogP contribution in [0.15, 0.2) is 18.2 Å². The molecule has 0 unspecified atom stereocenters. The first-order valence-electron chi connectivity index (χ1n) is 4.89. The molecule has 16 heavy (non-hydrogen) atoms. The van der Waals surface area contributed by atoms with E-state index in [1.54, 1.807) is 30.0 Å². The second-order valence-electron chi connectivity index (χ2n) is 3.21. The van der Waals surface area contributed by atoms with Crippen molar-refractivity contribution in [2.45, 2.75) is 0 Å². The third kappa shape index (κ3) is 3.34. The van der Waals surface area contributed by atoms with Crippen LogP contribution in [0.4, 0.5) is 5.69 Å². The minimum absolute atomic E-state index is 0.154. The van der Waals surface area contributed by atoms with Crippen LogP contribution in [0.25, 0.3) is 0 Å². The SMILES string of the molecule is COc1ccc(N)cc1C(=O)NCCSC. The van der Waals surface area contributed by atoms with Crippen LogP contribution in [0.5, 0.6) is 5.75 Å². The van der Waals surface area contributed by atoms with Gasteiger partial charge in [-0.25, -0.2) is 0 Å². The molecule has 0 aliphatic heterocycles. The van der Waals surface area contributed by atoms with Crippen LogP contribution in [0, 0.1) is 0 Å². The summed E-state index contributed by atoms with van der Waals surface area (Å²) in [6.45, 7) is 0.637. The first-order chi connectivity index (χ1) is 7.69. The van der Waals surface area contributed by atoms with E-state index in [1.807, 2.05) is 6.26 Å². The Bertz CT molecular complexity index is 369. The number of amides is 1. The van der Waals surface area contributed by atoms with Crippen molar-refractivity contribution < 1.29 is 9.53 Å². The zero-order valence-electron chi connectivity index (χ0n) is 9.45. The summed E-state index contributed by atoms with van der Waals surface area (Å²) in [5.41, 5.74) is 6.66. The highest BCUT2D eigenvalue weighted by atomic mass is 32.2. The molecule has 1 aromatic carbocycles. The fraction of sp³-hybridized carbons (Fsp3) is 0.364. The average molecular weight is 240 g/mol. The molecule has 3 N–H and O–H groups in total. The van der Waals surface area contributed by atoms with Crippen LogP contribution >= 0.6 is 11.8 Å². The van der Waals surface area contributed by atoms with Crippen molar-refractivity contribution in [3.8, 4) is 5.75 Å². The van der Waals surface area contributed by atoms with E-state index in [2.05, 4.69) is 5.32 Å². The van der Waals surface area contributed by atoms with Crippen molar-refractivity contribution in [1.29, 1.82) is 0 Å². The second-order valence-corrected chi connectivity index (χ2v) is 4.19. The lowest BCUT2D eigenvalue weighted by Gasteiger charge is -2.09. The molecule has 0 atom stereocenters. The Labute approximate surface area is 99.5 Å². The molecule has 0 saturated carbocycles. The van der Waals surface area contributed by atoms with Crippen LogP contribution in [0.2, 0.25) is 0 Å². The molecular weight excluding hydrogens is 224 g/mol. The van der Waals surface area contributed by atoms with Gasteiger partial charge in [0.05, 0.1) is 12.7 Å². The van der Waals surface area contributed by atoms with E-state index in [0.717, 1.165) is 5.75 Å². The number of hydrogen-bond donors (Lipinski definition) is 2. The number of ether oxygens (including phenoxy) is 1. The fourth-order valence-corrected chi connectivity index (χ4v) is 1.57. The first kappa shape index (κ1) is 12.7. The first-order valence-corrected chi connectivity index (χ1v) is 6.29. The molecule has 4 nitrogen and oxygen atoms in total. The molecule has 0 fully saturated rings. The Morgan fingerprint density at radius 3 is 2.94 bits per heavy atom. The summed E-state index contributed by atoms with van der Waals surface area (Å²) in [5, 5.41) is 2.81. The third-order valence-corrected chi connectivity index (χ3v) is 2.67. The van der Waals surface area contributed by atoms with Crippen molar-refractivity contribution in [3.05, 3.63) is 23.8 Å². The summed E-state index contributed by atoms with van der Waals surface area (Å²) in [6.07, 6.45) is 1.99. The summed E-state index contributed by atoms with van der Waals surface area (Å²) in [7, 11) is 1.53. The van der Waals surface area contributed by atoms with Gasteiger partial charge in [-0.2, -0.15) is 11.8 Å². The number of thioether (sulfide) groups is 1. The van der Waals surface area contributed by atoms with E-state index in [1.165, 1.54) is 7.11 Å². The lowest BCUT2D eigenvalue weighted by molar-refractivity contribution is 0.0953. The quantitative estimate of drug-likeness (QED) is 0.602. The number of nitrogens with one attached hydrogen (secondary N) is 1. The monoisotopic (exact) mass is 240 g/mol. The molecule has 5 heteroatoms. The second kappa shape index (κ2) is 6.27. The van der Waals surface area contributed by atoms with Crippen LogP contribution in [0.3, 0.4) is 0 Å². The Morgan fingerprint density at radius 2 is 2.31 bits per heavy atom. The summed E-state index contributed by atoms with van der Waals surface area (Å²) in [4.78, 5) is 11.8. The molecule has 0 heterocycles. The van der Waals surface area contributed by atoms with Crippen molar-refractivity contribution >= 4 is 23.4 Å². The predicted octanol–water partition coefficient (Wildman–Crippen LogP) is 1.37. The zero-order chi connectivity index (χ0) is 12.0. The van der Waals surface area contributed by atoms with Crippen LogP contribution in [-0.2, 0) is 0 Å². The van der Waals surface area contributed by atoms with E-state index >= 15 is 0 Å². The number of hydrogen-bond acceptors (Lipinski definition) is 4. The van der Waals surface area contributed by atoms with Gasteiger partial charge in [0.25, 0.3) is 5.91 Å². The van der Waals surface area contributed by atoms with E-state index in [4.69, 9.17) is 10.5 Å². The van der Waals surface area contributed by atoms with Gasteiger partial charge < -0.3 is 15.8 Å². The highest BCUT2D eigenvalue weighted by Gasteiger charge is 2.11. The molecule has 1 rings (SSSR count). The number of nitrogen functional groups attached to an aromatic ring is 1. The minimum Gasteiger partial charge on any atom is -0.496 e. The molecular formula is C11H16N2O2S. The zero-order valence-corrected chi connectivity index (χ0v) is 10.3. The molecule has 0 aliphatic rings. The third-order valence-electron chi connectivity index (χ3n) is 2.06. The van der Waals surface area contributed by atoms with Crippen LogP contribution in [-0.4, -0.2) is 31.6 Å². The Balaban J connectivity index is 2.76. The van der Waals surface area contributed by atoms with Gasteiger partial charge in [0, 0.05) is 18.0 Å². The smallest absolute Gasteiger partial charge is 0.255 e. The van der Waals surface area contributed by atoms with Crippen LogP contribution in [0.1, 0.15) is 10.4 Å². The predicted molar refractivity (Wildman–Crippen MR) is 68.1 cm³/mol. The number of nitrogens with two attached hydrogens (primary N) is 1. The van der Waals surface area contributed by atoms with Gasteiger partial charge in [-0.05, 0) is 24.5 Å². The number of benzene rings is 1. The lowest BCUT2D eigenvalue weighted by Crippen LogP contribution is -2.26. The molecule has 88 valence electrons. The molecule has 0 saturated heterocycles. The standard InChI is InChI=1S/C11H16N2O2S/c1-15-10-4-3-8(12)7-9(10)11(14)13-5-6-16-2/h3-4,7H,5-6,12H2,1-2H3,(H,13,14). The molecule has 0 radical (unpaired) electrons. The molecule has 1 amide bonds. The summed E-state index contributed by atoms with van der Waals surface area (Å²) in [5.74, 6) is 1.27. The highest BCUT2D eigenvalue weighted by molar-refractivity contribution is 7.98. The van der Waals surface area contributed by atoms with Crippen molar-refractivity contribution in [2.75, 3.05) is 31.4 Å². The van der Waals surface area contributed by atoms with Gasteiger partial charge in [-0.1, -0.05) is 0 Å². The molecule has 0 spiro atoms. The lowest BCUT2D eigenvalue weighted by atomic mass is 10.1. The van der Waals surface area contributed by atoms with E-state index in [0.29, 0.717) is 23.5 Å². The Morgan fingerprint density at radius 1 is 1.56 bits per heavy atom. The summed E-state index contributed by atoms with van der Waals surface area (Å²) in [6, 6.07) is 5.02. The normalized spacial score (nSPS) is 9.88. The Hall–Kier alpha value is -1.36. The summed E-state index contributed by atoms with van der Waals surface area (Å²) >= 11 is 1.68. The maximum absolute atomic E-state index is 11.8. The van der Waals surface area contributed by atoms with Gasteiger partial charge in [0.15, 0.2) is 0 Å². The van der Waals surface area contributed by atoms with E-state index in [9.17, 15) is 4.79 Å². The molecule has 0 aliphatic carbocycles. The molecule has 1 aromatic rings. The van der Waals surface area contributed by atoms with Crippen LogP contribution < -0.4 is 15.8 Å². The van der Waals surface area contributed by atoms with Gasteiger partial charge in [-0.3, -0.25) is 4.79 Å². The van der Waals surface area contributed by atoms with Crippen molar-refractivity contribution in [1.82, 2.24) is 5.32 Å². The molecule has 0 bridgehead atoms. The van der Waals surface area contributed by atoms with Crippen molar-refractivity contribution in [2.24, 2.45) is 0 Å². The highest BCUT2D eigenvalue weighted by Crippen LogP contribution is 2.20. The number of carbonyl (C=O) groups is 1. The average Bonchev–Trinajstić information content (AvgIpc) is 2.29. The van der Waals surface area contributed by atoms with Gasteiger partial charge >= 0.3 is 0 Å². The summed E-state index contributed by atoms with van der Waals surface area (Å²) < 4.78 is 5.11. The minimum atomic E-state index is -0.154. The fourth-order valence-electron chi connectivity index (χ4n) is 1.26. The van der Waals surface area contributed by atoms with Crippen molar-refractivity contribution in [3.63, 3.8) is 0 Å². The number of carbonyl (C=O) groups excluding carboxylic acids is 1. The van der Waals surface area contributed by atoms with E-state index < -0.39 is 0 Å². The van der Waals surface area contributed by atoms with Gasteiger partial charge in [0.1, 0.15) is 5.75 Å².